The zero-order chi connectivity index (χ0) is 19.6. The van der Waals surface area contributed by atoms with E-state index in [9.17, 15) is 9.59 Å². The van der Waals surface area contributed by atoms with Gasteiger partial charge in [-0.25, -0.2) is 9.59 Å². The number of rotatable bonds is 14. The van der Waals surface area contributed by atoms with Crippen LogP contribution in [0.15, 0.2) is 42.5 Å². The molecule has 7 nitrogen and oxygen atoms in total. The fourth-order valence-electron chi connectivity index (χ4n) is 1.99. The summed E-state index contributed by atoms with van der Waals surface area (Å²) in [5.74, 6) is -0.359. The molecule has 7 heteroatoms. The van der Waals surface area contributed by atoms with Gasteiger partial charge in [-0.15, -0.1) is 0 Å². The molecule has 0 aliphatic rings. The van der Waals surface area contributed by atoms with Crippen LogP contribution in [0.5, 0.6) is 0 Å². The first-order chi connectivity index (χ1) is 13.2. The van der Waals surface area contributed by atoms with Crippen LogP contribution in [0.4, 0.5) is 4.79 Å². The number of hydrogen-bond acceptors (Lipinski definition) is 6. The number of benzene rings is 1. The van der Waals surface area contributed by atoms with Crippen molar-refractivity contribution < 1.29 is 28.5 Å². The molecule has 0 spiro atoms. The van der Waals surface area contributed by atoms with Crippen molar-refractivity contribution in [3.8, 4) is 0 Å². The van der Waals surface area contributed by atoms with Crippen LogP contribution in [0.25, 0.3) is 0 Å². The fraction of sp³-hybridized carbons (Fsp3) is 0.500. The average Bonchev–Trinajstić information content (AvgIpc) is 2.68. The van der Waals surface area contributed by atoms with Gasteiger partial charge in [0.25, 0.3) is 0 Å². The van der Waals surface area contributed by atoms with Gasteiger partial charge >= 0.3 is 12.1 Å². The molecule has 0 saturated heterocycles. The van der Waals surface area contributed by atoms with E-state index in [0.29, 0.717) is 46.0 Å². The third-order valence-electron chi connectivity index (χ3n) is 3.28. The van der Waals surface area contributed by atoms with Gasteiger partial charge in [0, 0.05) is 32.4 Å². The van der Waals surface area contributed by atoms with E-state index < -0.39 is 6.09 Å². The molecule has 0 unspecified atom stereocenters. The molecule has 1 aromatic carbocycles. The van der Waals surface area contributed by atoms with E-state index in [2.05, 4.69) is 5.32 Å². The highest BCUT2D eigenvalue weighted by molar-refractivity contribution is 5.81. The number of alkyl carbamates (subject to hydrolysis) is 1. The van der Waals surface area contributed by atoms with Crippen LogP contribution in [0.1, 0.15) is 25.3 Å². The zero-order valence-corrected chi connectivity index (χ0v) is 15.9. The topological polar surface area (TPSA) is 83.1 Å². The van der Waals surface area contributed by atoms with Crippen molar-refractivity contribution >= 4 is 12.1 Å². The quantitative estimate of drug-likeness (QED) is 0.304. The molecule has 0 heterocycles. The van der Waals surface area contributed by atoms with Gasteiger partial charge < -0.3 is 24.3 Å². The Bertz CT molecular complexity index is 547. The molecule has 0 aliphatic carbocycles. The van der Waals surface area contributed by atoms with E-state index in [1.165, 1.54) is 6.08 Å². The lowest BCUT2D eigenvalue weighted by molar-refractivity contribution is -0.137. The largest absolute Gasteiger partial charge is 0.463 e. The Balaban J connectivity index is 1.84. The lowest BCUT2D eigenvalue weighted by Crippen LogP contribution is -2.26. The maximum Gasteiger partial charge on any atom is 0.407 e. The van der Waals surface area contributed by atoms with Crippen LogP contribution in [0.2, 0.25) is 0 Å². The molecular formula is C20H29NO6. The predicted octanol–water partition coefficient (Wildman–Crippen LogP) is 2.85. The van der Waals surface area contributed by atoms with Crippen LogP contribution in [0.3, 0.4) is 0 Å². The Morgan fingerprint density at radius 1 is 1.00 bits per heavy atom. The normalized spacial score (nSPS) is 10.7. The Labute approximate surface area is 160 Å². The van der Waals surface area contributed by atoms with E-state index in [-0.39, 0.29) is 12.6 Å². The highest BCUT2D eigenvalue weighted by Crippen LogP contribution is 2.00. The summed E-state index contributed by atoms with van der Waals surface area (Å²) in [6.45, 7) is 4.95. The summed E-state index contributed by atoms with van der Waals surface area (Å²) in [6, 6.07) is 9.53. The van der Waals surface area contributed by atoms with E-state index in [4.69, 9.17) is 18.9 Å². The molecule has 0 aromatic heterocycles. The Hall–Kier alpha value is -2.38. The summed E-state index contributed by atoms with van der Waals surface area (Å²) in [4.78, 5) is 22.6. The number of hydrogen-bond donors (Lipinski definition) is 1. The van der Waals surface area contributed by atoms with Crippen molar-refractivity contribution in [2.45, 2.75) is 26.4 Å². The van der Waals surface area contributed by atoms with Gasteiger partial charge in [0.05, 0.1) is 13.2 Å². The Morgan fingerprint density at radius 3 is 2.52 bits per heavy atom. The van der Waals surface area contributed by atoms with Crippen LogP contribution in [-0.2, 0) is 30.3 Å². The summed E-state index contributed by atoms with van der Waals surface area (Å²) in [5, 5.41) is 2.69. The third kappa shape index (κ3) is 13.5. The molecule has 0 aliphatic heterocycles. The molecule has 150 valence electrons. The van der Waals surface area contributed by atoms with E-state index in [1.807, 2.05) is 30.3 Å². The highest BCUT2D eigenvalue weighted by Gasteiger charge is 2.01. The lowest BCUT2D eigenvalue weighted by Gasteiger charge is -2.07. The van der Waals surface area contributed by atoms with Gasteiger partial charge in [0.1, 0.15) is 6.61 Å². The van der Waals surface area contributed by atoms with E-state index in [1.54, 1.807) is 13.0 Å². The zero-order valence-electron chi connectivity index (χ0n) is 15.9. The second kappa shape index (κ2) is 15.8. The van der Waals surface area contributed by atoms with E-state index in [0.717, 1.165) is 12.0 Å². The van der Waals surface area contributed by atoms with Crippen molar-refractivity contribution in [3.05, 3.63) is 48.0 Å². The molecule has 1 amide bonds. The number of amides is 1. The van der Waals surface area contributed by atoms with Gasteiger partial charge in [-0.2, -0.15) is 0 Å². The average molecular weight is 379 g/mol. The van der Waals surface area contributed by atoms with Crippen molar-refractivity contribution in [1.29, 1.82) is 0 Å². The molecule has 0 fully saturated rings. The molecule has 1 aromatic rings. The standard InChI is InChI=1S/C20H29NO6/c1-2-26-19(22)11-6-13-24-15-8-16-25-14-7-12-21-20(23)27-17-18-9-4-3-5-10-18/h3-6,9-11H,2,7-8,12-17H2,1H3,(H,21,23)/b11-6+. The summed E-state index contributed by atoms with van der Waals surface area (Å²) in [5.41, 5.74) is 0.953. The molecule has 0 atom stereocenters. The summed E-state index contributed by atoms with van der Waals surface area (Å²) < 4.78 is 20.6. The molecule has 27 heavy (non-hydrogen) atoms. The van der Waals surface area contributed by atoms with Gasteiger partial charge in [0.15, 0.2) is 0 Å². The van der Waals surface area contributed by atoms with Crippen LogP contribution >= 0.6 is 0 Å². The monoisotopic (exact) mass is 379 g/mol. The first-order valence-corrected chi connectivity index (χ1v) is 9.15. The lowest BCUT2D eigenvalue weighted by atomic mass is 10.2. The van der Waals surface area contributed by atoms with Crippen molar-refractivity contribution in [1.82, 2.24) is 5.32 Å². The molecule has 1 rings (SSSR count). The number of ether oxygens (including phenoxy) is 4. The first kappa shape index (κ1) is 22.7. The van der Waals surface area contributed by atoms with Gasteiger partial charge in [0.2, 0.25) is 0 Å². The third-order valence-corrected chi connectivity index (χ3v) is 3.28. The Kier molecular flexibility index (Phi) is 13.3. The first-order valence-electron chi connectivity index (χ1n) is 9.15. The van der Waals surface area contributed by atoms with Gasteiger partial charge in [-0.05, 0) is 25.3 Å². The molecule has 0 bridgehead atoms. The molecule has 1 N–H and O–H groups in total. The second-order valence-corrected chi connectivity index (χ2v) is 5.54. The van der Waals surface area contributed by atoms with Gasteiger partial charge in [-0.3, -0.25) is 0 Å². The van der Waals surface area contributed by atoms with Gasteiger partial charge in [-0.1, -0.05) is 36.4 Å². The number of carbonyl (C=O) groups excluding carboxylic acids is 2. The van der Waals surface area contributed by atoms with Crippen molar-refractivity contribution in [2.24, 2.45) is 0 Å². The van der Waals surface area contributed by atoms with Crippen molar-refractivity contribution in [3.63, 3.8) is 0 Å². The maximum absolute atomic E-state index is 11.5. The molecule has 0 saturated carbocycles. The number of nitrogens with one attached hydrogen (secondary N) is 1. The van der Waals surface area contributed by atoms with Crippen LogP contribution in [-0.4, -0.2) is 51.6 Å². The minimum atomic E-state index is -0.428. The predicted molar refractivity (Wildman–Crippen MR) is 101 cm³/mol. The summed E-state index contributed by atoms with van der Waals surface area (Å²) in [7, 11) is 0. The molecular weight excluding hydrogens is 350 g/mol. The number of esters is 1. The second-order valence-electron chi connectivity index (χ2n) is 5.54. The molecule has 0 radical (unpaired) electrons. The van der Waals surface area contributed by atoms with Crippen molar-refractivity contribution in [2.75, 3.05) is 39.6 Å². The van der Waals surface area contributed by atoms with Crippen LogP contribution in [0, 0.1) is 0 Å². The fourth-order valence-corrected chi connectivity index (χ4v) is 1.99. The smallest absolute Gasteiger partial charge is 0.407 e. The highest BCUT2D eigenvalue weighted by atomic mass is 16.5. The number of carbonyl (C=O) groups is 2. The summed E-state index contributed by atoms with van der Waals surface area (Å²) in [6.07, 6.45) is 4.03. The minimum Gasteiger partial charge on any atom is -0.463 e. The van der Waals surface area contributed by atoms with Crippen LogP contribution < -0.4 is 5.32 Å². The van der Waals surface area contributed by atoms with E-state index >= 15 is 0 Å². The minimum absolute atomic E-state index is 0.262. The SMILES string of the molecule is CCOC(=O)/C=C/COCCCOCCCNC(=O)OCc1ccccc1. The maximum atomic E-state index is 11.5. The Morgan fingerprint density at radius 2 is 1.74 bits per heavy atom. The summed E-state index contributed by atoms with van der Waals surface area (Å²) >= 11 is 0.